The van der Waals surface area contributed by atoms with Crippen molar-refractivity contribution >= 4 is 21.9 Å². The van der Waals surface area contributed by atoms with Crippen molar-refractivity contribution < 1.29 is 17.7 Å². The van der Waals surface area contributed by atoms with E-state index in [2.05, 4.69) is 10.5 Å². The number of hydrogen-bond acceptors (Lipinski definition) is 5. The van der Waals surface area contributed by atoms with Crippen molar-refractivity contribution in [2.45, 2.75) is 6.92 Å². The van der Waals surface area contributed by atoms with Gasteiger partial charge in [0, 0.05) is 13.1 Å². The fourth-order valence-electron chi connectivity index (χ4n) is 0.900. The van der Waals surface area contributed by atoms with Gasteiger partial charge in [-0.05, 0) is 6.92 Å². The van der Waals surface area contributed by atoms with Crippen LogP contribution in [-0.4, -0.2) is 37.4 Å². The zero-order valence-corrected chi connectivity index (χ0v) is 9.61. The molecule has 0 bridgehead atoms. The quantitative estimate of drug-likeness (QED) is 0.712. The molecule has 0 aromatic carbocycles. The first-order valence-corrected chi connectivity index (χ1v) is 5.76. The van der Waals surface area contributed by atoms with Gasteiger partial charge in [0.05, 0.1) is 6.54 Å². The van der Waals surface area contributed by atoms with E-state index in [9.17, 15) is 13.2 Å². The summed E-state index contributed by atoms with van der Waals surface area (Å²) in [6.07, 6.45) is 0. The minimum absolute atomic E-state index is 0.227. The maximum Gasteiger partial charge on any atom is 0.277 e. The van der Waals surface area contributed by atoms with E-state index in [0.717, 1.165) is 4.31 Å². The maximum absolute atomic E-state index is 11.3. The lowest BCUT2D eigenvalue weighted by atomic mass is 10.5. The van der Waals surface area contributed by atoms with Gasteiger partial charge in [-0.2, -0.15) is 12.7 Å². The number of nitrogens with one attached hydrogen (secondary N) is 1. The molecule has 1 amide bonds. The van der Waals surface area contributed by atoms with Crippen LogP contribution in [-0.2, 0) is 15.0 Å². The smallest absolute Gasteiger partial charge is 0.277 e. The zero-order valence-electron chi connectivity index (χ0n) is 8.80. The van der Waals surface area contributed by atoms with E-state index >= 15 is 0 Å². The molecule has 3 N–H and O–H groups in total. The molecule has 0 aliphatic rings. The molecule has 1 aromatic rings. The summed E-state index contributed by atoms with van der Waals surface area (Å²) >= 11 is 0. The highest BCUT2D eigenvalue weighted by molar-refractivity contribution is 7.86. The van der Waals surface area contributed by atoms with Gasteiger partial charge < -0.3 is 9.84 Å². The number of carbonyl (C=O) groups is 1. The lowest BCUT2D eigenvalue weighted by Crippen LogP contribution is -2.38. The Kier molecular flexibility index (Phi) is 3.62. The van der Waals surface area contributed by atoms with Crippen molar-refractivity contribution in [2.75, 3.05) is 18.9 Å². The molecule has 0 saturated heterocycles. The molecule has 16 heavy (non-hydrogen) atoms. The Balaban J connectivity index is 2.55. The summed E-state index contributed by atoms with van der Waals surface area (Å²) in [4.78, 5) is 11.3. The van der Waals surface area contributed by atoms with Gasteiger partial charge in [-0.25, -0.2) is 5.14 Å². The van der Waals surface area contributed by atoms with E-state index in [4.69, 9.17) is 9.66 Å². The van der Waals surface area contributed by atoms with Crippen molar-refractivity contribution in [1.29, 1.82) is 0 Å². The highest BCUT2D eigenvalue weighted by Crippen LogP contribution is 2.06. The van der Waals surface area contributed by atoms with Crippen molar-refractivity contribution in [3.63, 3.8) is 0 Å². The molecule has 9 heteroatoms. The van der Waals surface area contributed by atoms with Gasteiger partial charge in [-0.15, -0.1) is 0 Å². The molecule has 1 aromatic heterocycles. The third kappa shape index (κ3) is 3.61. The second kappa shape index (κ2) is 4.60. The van der Waals surface area contributed by atoms with Gasteiger partial charge in [-0.3, -0.25) is 4.79 Å². The first kappa shape index (κ1) is 12.6. The number of carbonyl (C=O) groups excluding carboxylic acids is 1. The summed E-state index contributed by atoms with van der Waals surface area (Å²) in [5.74, 6) is 0.213. The number of anilines is 1. The van der Waals surface area contributed by atoms with E-state index in [1.165, 1.54) is 13.1 Å². The molecular formula is C7H12N4O4S. The molecule has 0 saturated carbocycles. The fraction of sp³-hybridized carbons (Fsp3) is 0.429. The minimum atomic E-state index is -3.86. The lowest BCUT2D eigenvalue weighted by molar-refractivity contribution is -0.116. The van der Waals surface area contributed by atoms with E-state index in [-0.39, 0.29) is 12.4 Å². The monoisotopic (exact) mass is 248 g/mol. The number of rotatable bonds is 4. The Bertz CT molecular complexity index is 480. The van der Waals surface area contributed by atoms with Crippen LogP contribution in [0.3, 0.4) is 0 Å². The molecule has 8 nitrogen and oxygen atoms in total. The van der Waals surface area contributed by atoms with Crippen molar-refractivity contribution in [3.05, 3.63) is 11.8 Å². The van der Waals surface area contributed by atoms with E-state index in [1.54, 1.807) is 6.92 Å². The average molecular weight is 248 g/mol. The predicted molar refractivity (Wildman–Crippen MR) is 55.6 cm³/mol. The summed E-state index contributed by atoms with van der Waals surface area (Å²) in [7, 11) is -2.66. The molecule has 0 aliphatic heterocycles. The van der Waals surface area contributed by atoms with Crippen LogP contribution in [0, 0.1) is 6.92 Å². The standard InChI is InChI=1S/C7H12N4O4S/c1-5-3-6(10-15-5)9-7(12)4-11(2)16(8,13)14/h3H,4H2,1-2H3,(H2,8,13,14)(H,9,10,12). The molecule has 90 valence electrons. The Morgan fingerprint density at radius 2 is 2.31 bits per heavy atom. The second-order valence-corrected chi connectivity index (χ2v) is 4.83. The largest absolute Gasteiger partial charge is 0.360 e. The van der Waals surface area contributed by atoms with Gasteiger partial charge in [0.25, 0.3) is 10.2 Å². The van der Waals surface area contributed by atoms with Gasteiger partial charge in [0.15, 0.2) is 5.82 Å². The summed E-state index contributed by atoms with van der Waals surface area (Å²) in [6.45, 7) is 1.28. The van der Waals surface area contributed by atoms with Gasteiger partial charge in [0.1, 0.15) is 5.76 Å². The van der Waals surface area contributed by atoms with Crippen LogP contribution < -0.4 is 10.5 Å². The van der Waals surface area contributed by atoms with Crippen molar-refractivity contribution in [1.82, 2.24) is 9.46 Å². The van der Waals surface area contributed by atoms with E-state index in [0.29, 0.717) is 5.76 Å². The van der Waals surface area contributed by atoms with Crippen LogP contribution in [0.25, 0.3) is 0 Å². The molecule has 0 atom stereocenters. The minimum Gasteiger partial charge on any atom is -0.360 e. The summed E-state index contributed by atoms with van der Waals surface area (Å²) in [6, 6.07) is 1.51. The number of amides is 1. The summed E-state index contributed by atoms with van der Waals surface area (Å²) < 4.78 is 27.1. The highest BCUT2D eigenvalue weighted by atomic mass is 32.2. The average Bonchev–Trinajstić information content (AvgIpc) is 2.49. The molecule has 0 aliphatic carbocycles. The Morgan fingerprint density at radius 3 is 2.75 bits per heavy atom. The predicted octanol–water partition coefficient (Wildman–Crippen LogP) is -0.943. The Hall–Kier alpha value is -1.45. The van der Waals surface area contributed by atoms with E-state index < -0.39 is 16.1 Å². The SMILES string of the molecule is Cc1cc(NC(=O)CN(C)S(N)(=O)=O)no1. The number of nitrogens with zero attached hydrogens (tertiary/aromatic N) is 2. The van der Waals surface area contributed by atoms with Crippen LogP contribution >= 0.6 is 0 Å². The zero-order chi connectivity index (χ0) is 12.3. The fourth-order valence-corrected chi connectivity index (χ4v) is 1.20. The normalized spacial score (nSPS) is 11.8. The number of aryl methyl sites for hydroxylation is 1. The maximum atomic E-state index is 11.3. The molecular weight excluding hydrogens is 236 g/mol. The van der Waals surface area contributed by atoms with Crippen LogP contribution in [0.1, 0.15) is 5.76 Å². The second-order valence-electron chi connectivity index (χ2n) is 3.17. The molecule has 1 rings (SSSR count). The molecule has 0 unspecified atom stereocenters. The van der Waals surface area contributed by atoms with E-state index in [1.807, 2.05) is 0 Å². The lowest BCUT2D eigenvalue weighted by Gasteiger charge is -2.11. The number of aromatic nitrogens is 1. The molecule has 0 fully saturated rings. The number of hydrogen-bond donors (Lipinski definition) is 2. The molecule has 0 radical (unpaired) electrons. The van der Waals surface area contributed by atoms with Crippen LogP contribution in [0.2, 0.25) is 0 Å². The molecule has 0 spiro atoms. The Labute approximate surface area is 92.6 Å². The first-order valence-electron chi connectivity index (χ1n) is 4.26. The van der Waals surface area contributed by atoms with Gasteiger partial charge >= 0.3 is 0 Å². The number of nitrogens with two attached hydrogens (primary N) is 1. The number of likely N-dealkylation sites (N-methyl/N-ethyl adjacent to an activating group) is 1. The summed E-state index contributed by atoms with van der Waals surface area (Å²) in [5, 5.41) is 10.7. The topological polar surface area (TPSA) is 119 Å². The highest BCUT2D eigenvalue weighted by Gasteiger charge is 2.16. The third-order valence-corrected chi connectivity index (χ3v) is 2.69. The van der Waals surface area contributed by atoms with Crippen LogP contribution in [0.15, 0.2) is 10.6 Å². The van der Waals surface area contributed by atoms with Gasteiger partial charge in [0.2, 0.25) is 5.91 Å². The van der Waals surface area contributed by atoms with Crippen LogP contribution in [0.4, 0.5) is 5.82 Å². The molecule has 1 heterocycles. The van der Waals surface area contributed by atoms with Crippen LogP contribution in [0.5, 0.6) is 0 Å². The first-order chi connectivity index (χ1) is 7.29. The summed E-state index contributed by atoms with van der Waals surface area (Å²) in [5.41, 5.74) is 0. The third-order valence-electron chi connectivity index (χ3n) is 1.70. The Morgan fingerprint density at radius 1 is 1.69 bits per heavy atom. The van der Waals surface area contributed by atoms with Crippen molar-refractivity contribution in [2.24, 2.45) is 5.14 Å². The van der Waals surface area contributed by atoms with Crippen molar-refractivity contribution in [3.8, 4) is 0 Å². The van der Waals surface area contributed by atoms with Gasteiger partial charge in [-0.1, -0.05) is 5.16 Å².